The van der Waals surface area contributed by atoms with Crippen molar-refractivity contribution < 1.29 is 39.4 Å². The quantitative estimate of drug-likeness (QED) is 0.0976. The number of aliphatic hydroxyl groups excluding tert-OH is 3. The molecule has 0 bridgehead atoms. The molecule has 12 atom stereocenters. The molecule has 0 radical (unpaired) electrons. The fraction of sp³-hybridized carbons (Fsp3) is 0.897. The summed E-state index contributed by atoms with van der Waals surface area (Å²) >= 11 is 0. The van der Waals surface area contributed by atoms with Gasteiger partial charge in [0.25, 0.3) is 0 Å². The monoisotopic (exact) mass is 627 g/mol. The number of ether oxygens (including phenoxy) is 3. The predicted molar refractivity (Wildman–Crippen MR) is 160 cm³/mol. The molecule has 2 aliphatic carbocycles. The molecule has 4 fully saturated rings. The molecule has 2 saturated heterocycles. The first-order chi connectivity index (χ1) is 20.9. The van der Waals surface area contributed by atoms with Crippen LogP contribution >= 0.6 is 0 Å². The van der Waals surface area contributed by atoms with Crippen LogP contribution < -0.4 is 38.5 Å². The normalized spacial score (nSPS) is 42.9. The Morgan fingerprint density at radius 2 is 1.95 bits per heavy atom. The lowest BCUT2D eigenvalue weighted by Crippen LogP contribution is -2.70. The summed E-state index contributed by atoms with van der Waals surface area (Å²) in [7, 11) is 1.61. The maximum absolute atomic E-state index is 13.1. The van der Waals surface area contributed by atoms with E-state index in [1.165, 1.54) is 0 Å². The Hall–Kier alpha value is -1.47. The fourth-order valence-corrected chi connectivity index (χ4v) is 7.06. The Morgan fingerprint density at radius 1 is 1.23 bits per heavy atom. The SMILES string of the molecule is CN[C@@H]1[C@@H](O)[C@@H](O[C@H]2[C@H](NC(=O)C(O)C3CNC3)C[C@H](N)C([C@H]3OC(CNCC4(CN)CC4)=CC[C@H]3N)[C@@H]2O)OC[C@]1(C)O. The van der Waals surface area contributed by atoms with Gasteiger partial charge in [0.1, 0.15) is 35.8 Å². The van der Waals surface area contributed by atoms with Crippen LogP contribution in [0.25, 0.3) is 0 Å². The zero-order valence-electron chi connectivity index (χ0n) is 25.7. The van der Waals surface area contributed by atoms with Crippen LogP contribution in [0.2, 0.25) is 0 Å². The highest BCUT2D eigenvalue weighted by atomic mass is 16.7. The van der Waals surface area contributed by atoms with E-state index in [9.17, 15) is 25.2 Å². The topological polar surface area (TPSA) is 252 Å². The number of nitrogens with one attached hydrogen (secondary N) is 4. The van der Waals surface area contributed by atoms with Gasteiger partial charge >= 0.3 is 0 Å². The molecular formula is C29H53N7O8. The van der Waals surface area contributed by atoms with Crippen molar-refractivity contribution in [1.29, 1.82) is 0 Å². The van der Waals surface area contributed by atoms with Gasteiger partial charge in [-0.05, 0) is 57.7 Å². The number of hydrogen-bond acceptors (Lipinski definition) is 14. The van der Waals surface area contributed by atoms with Crippen molar-refractivity contribution in [2.45, 2.75) is 99.2 Å². The lowest BCUT2D eigenvalue weighted by atomic mass is 9.72. The van der Waals surface area contributed by atoms with E-state index in [-0.39, 0.29) is 24.4 Å². The first-order valence-corrected chi connectivity index (χ1v) is 15.9. The highest BCUT2D eigenvalue weighted by Gasteiger charge is 2.53. The minimum Gasteiger partial charge on any atom is -0.492 e. The maximum Gasteiger partial charge on any atom is 0.249 e. The van der Waals surface area contributed by atoms with Gasteiger partial charge in [-0.2, -0.15) is 0 Å². The number of amides is 1. The number of carbonyl (C=O) groups excluding carboxylic acids is 1. The van der Waals surface area contributed by atoms with E-state index < -0.39 is 78.4 Å². The Morgan fingerprint density at radius 3 is 2.57 bits per heavy atom. The van der Waals surface area contributed by atoms with E-state index in [0.717, 1.165) is 19.4 Å². The minimum atomic E-state index is -1.37. The van der Waals surface area contributed by atoms with Crippen LogP contribution in [-0.2, 0) is 19.0 Å². The van der Waals surface area contributed by atoms with Gasteiger partial charge in [0, 0.05) is 43.6 Å². The molecule has 252 valence electrons. The molecule has 5 rings (SSSR count). The molecular weight excluding hydrogens is 574 g/mol. The second kappa shape index (κ2) is 13.7. The predicted octanol–water partition coefficient (Wildman–Crippen LogP) is -4.47. The summed E-state index contributed by atoms with van der Waals surface area (Å²) in [6.45, 7) is 4.35. The highest BCUT2D eigenvalue weighted by Crippen LogP contribution is 2.43. The molecule has 0 aromatic heterocycles. The summed E-state index contributed by atoms with van der Waals surface area (Å²) in [6, 6.07) is -2.70. The van der Waals surface area contributed by atoms with Crippen molar-refractivity contribution in [3.05, 3.63) is 11.8 Å². The first-order valence-electron chi connectivity index (χ1n) is 15.9. The molecule has 44 heavy (non-hydrogen) atoms. The largest absolute Gasteiger partial charge is 0.492 e. The number of likely N-dealkylation sites (N-methyl/N-ethyl adjacent to an activating group) is 1. The molecule has 3 heterocycles. The Balaban J connectivity index is 1.32. The third-order valence-corrected chi connectivity index (χ3v) is 10.3. The van der Waals surface area contributed by atoms with Gasteiger partial charge in [-0.3, -0.25) is 4.79 Å². The first kappa shape index (κ1) is 33.9. The fourth-order valence-electron chi connectivity index (χ4n) is 7.06. The van der Waals surface area contributed by atoms with Gasteiger partial charge in [0.05, 0.1) is 31.3 Å². The summed E-state index contributed by atoms with van der Waals surface area (Å²) < 4.78 is 18.4. The molecule has 15 heteroatoms. The van der Waals surface area contributed by atoms with Crippen molar-refractivity contribution in [2.24, 2.45) is 34.5 Å². The van der Waals surface area contributed by atoms with Crippen molar-refractivity contribution in [3.8, 4) is 0 Å². The van der Waals surface area contributed by atoms with Gasteiger partial charge in [0.2, 0.25) is 5.91 Å². The van der Waals surface area contributed by atoms with E-state index >= 15 is 0 Å². The smallest absolute Gasteiger partial charge is 0.249 e. The van der Waals surface area contributed by atoms with Crippen LogP contribution in [0.4, 0.5) is 0 Å². The van der Waals surface area contributed by atoms with E-state index in [1.54, 1.807) is 14.0 Å². The third-order valence-electron chi connectivity index (χ3n) is 10.3. The van der Waals surface area contributed by atoms with E-state index in [4.69, 9.17) is 31.4 Å². The minimum absolute atomic E-state index is 0.139. The number of carbonyl (C=O) groups is 1. The Kier molecular flexibility index (Phi) is 10.6. The molecule has 1 amide bonds. The average molecular weight is 628 g/mol. The van der Waals surface area contributed by atoms with Crippen molar-refractivity contribution in [2.75, 3.05) is 46.4 Å². The van der Waals surface area contributed by atoms with Gasteiger partial charge in [-0.1, -0.05) is 0 Å². The highest BCUT2D eigenvalue weighted by molar-refractivity contribution is 5.81. The van der Waals surface area contributed by atoms with Gasteiger partial charge in [-0.25, -0.2) is 0 Å². The van der Waals surface area contributed by atoms with Gasteiger partial charge < -0.3 is 73.1 Å². The summed E-state index contributed by atoms with van der Waals surface area (Å²) in [5.74, 6) is -0.796. The summed E-state index contributed by atoms with van der Waals surface area (Å²) in [4.78, 5) is 13.1. The number of aliphatic hydroxyl groups is 4. The molecule has 0 spiro atoms. The van der Waals surface area contributed by atoms with Crippen LogP contribution in [0.15, 0.2) is 11.8 Å². The van der Waals surface area contributed by atoms with Crippen LogP contribution in [0.5, 0.6) is 0 Å². The average Bonchev–Trinajstić information content (AvgIpc) is 3.72. The Bertz CT molecular complexity index is 1030. The Labute approximate surface area is 258 Å². The van der Waals surface area contributed by atoms with Crippen molar-refractivity contribution >= 4 is 5.91 Å². The lowest BCUT2D eigenvalue weighted by Gasteiger charge is -2.50. The lowest BCUT2D eigenvalue weighted by molar-refractivity contribution is -0.297. The standard InChI is InChI=1S/C29H53N7O8/c1-28(41)13-42-27(22(39)25(28)33-2)44-24-18(36-26(40)20(37)14-8-34-9-14)7-17(32)19(21(24)38)23-16(31)4-3-15(43-23)10-35-12-29(11-30)5-6-29/h3,14,16-25,27,33-35,37-39,41H,4-13,30-32H2,1-2H3,(H,36,40)/t16-,17+,18-,19?,20?,21+,22-,23+,24+,25-,27-,28+/m1/s1. The molecule has 2 saturated carbocycles. The number of rotatable bonds is 12. The number of hydrogen-bond donors (Lipinski definition) is 11. The third kappa shape index (κ3) is 7.09. The molecule has 0 aromatic rings. The van der Waals surface area contributed by atoms with Gasteiger partial charge in [-0.15, -0.1) is 0 Å². The van der Waals surface area contributed by atoms with Crippen LogP contribution in [0.1, 0.15) is 32.6 Å². The summed E-state index contributed by atoms with van der Waals surface area (Å²) in [6.07, 6.45) is -1.95. The maximum atomic E-state index is 13.1. The molecule has 2 unspecified atom stereocenters. The molecule has 14 N–H and O–H groups in total. The van der Waals surface area contributed by atoms with E-state index in [2.05, 4.69) is 21.3 Å². The zero-order chi connectivity index (χ0) is 31.8. The van der Waals surface area contributed by atoms with E-state index in [1.807, 2.05) is 6.08 Å². The van der Waals surface area contributed by atoms with Crippen LogP contribution in [0, 0.1) is 17.3 Å². The second-order valence-electron chi connectivity index (χ2n) is 13.8. The zero-order valence-corrected chi connectivity index (χ0v) is 25.7. The van der Waals surface area contributed by atoms with Crippen LogP contribution in [0.3, 0.4) is 0 Å². The van der Waals surface area contributed by atoms with E-state index in [0.29, 0.717) is 38.4 Å². The molecule has 0 aromatic carbocycles. The van der Waals surface area contributed by atoms with Crippen molar-refractivity contribution in [3.63, 3.8) is 0 Å². The molecule has 15 nitrogen and oxygen atoms in total. The molecule has 5 aliphatic rings. The van der Waals surface area contributed by atoms with Crippen molar-refractivity contribution in [1.82, 2.24) is 21.3 Å². The summed E-state index contributed by atoms with van der Waals surface area (Å²) in [5, 5.41) is 56.5. The number of nitrogens with two attached hydrogens (primary N) is 3. The van der Waals surface area contributed by atoms with Gasteiger partial charge in [0.15, 0.2) is 6.29 Å². The summed E-state index contributed by atoms with van der Waals surface area (Å²) in [5.41, 5.74) is 17.9. The van der Waals surface area contributed by atoms with Crippen LogP contribution in [-0.4, -0.2) is 139 Å². The second-order valence-corrected chi connectivity index (χ2v) is 13.8. The molecule has 3 aliphatic heterocycles.